The molecule has 42 heavy (non-hydrogen) atoms. The highest BCUT2D eigenvalue weighted by molar-refractivity contribution is 5.62. The van der Waals surface area contributed by atoms with Crippen LogP contribution in [0.15, 0.2) is 119 Å². The average Bonchev–Trinajstić information content (AvgIpc) is 3.41. The molecule has 212 valence electrons. The molecular formula is C41H42O. The third-order valence-electron chi connectivity index (χ3n) is 8.27. The molecular weight excluding hydrogens is 508 g/mol. The van der Waals surface area contributed by atoms with Crippen LogP contribution in [0, 0.1) is 25.2 Å². The van der Waals surface area contributed by atoms with Crippen LogP contribution in [0.5, 0.6) is 5.75 Å². The van der Waals surface area contributed by atoms with Crippen LogP contribution in [-0.4, -0.2) is 6.61 Å². The fourth-order valence-corrected chi connectivity index (χ4v) is 5.48. The molecule has 0 aromatic heterocycles. The smallest absolute Gasteiger partial charge is 0.119 e. The van der Waals surface area contributed by atoms with Crippen LogP contribution in [0.4, 0.5) is 0 Å². The van der Waals surface area contributed by atoms with E-state index in [1.165, 1.54) is 55.7 Å². The van der Waals surface area contributed by atoms with E-state index in [0.29, 0.717) is 12.3 Å². The van der Waals surface area contributed by atoms with Crippen LogP contribution >= 0.6 is 0 Å². The summed E-state index contributed by atoms with van der Waals surface area (Å²) in [6.45, 7) is 7.37. The van der Waals surface area contributed by atoms with Crippen molar-refractivity contribution in [2.45, 2.75) is 59.3 Å². The maximum Gasteiger partial charge on any atom is 0.119 e. The van der Waals surface area contributed by atoms with Crippen LogP contribution < -0.4 is 4.74 Å². The lowest BCUT2D eigenvalue weighted by molar-refractivity contribution is 0.256. The maximum absolute atomic E-state index is 6.07. The second-order valence-electron chi connectivity index (χ2n) is 11.8. The summed E-state index contributed by atoms with van der Waals surface area (Å²) >= 11 is 0. The number of rotatable bonds is 10. The average molecular weight is 551 g/mol. The largest absolute Gasteiger partial charge is 0.493 e. The molecule has 2 bridgehead atoms. The molecule has 0 spiro atoms. The Balaban J connectivity index is 1.29. The van der Waals surface area contributed by atoms with Crippen molar-refractivity contribution in [3.63, 3.8) is 0 Å². The first kappa shape index (κ1) is 29.2. The molecule has 0 fully saturated rings. The fraction of sp³-hybridized carbons (Fsp3) is 0.268. The quantitative estimate of drug-likeness (QED) is 0.267. The molecule has 0 saturated carbocycles. The van der Waals surface area contributed by atoms with Crippen molar-refractivity contribution >= 4 is 12.2 Å². The zero-order chi connectivity index (χ0) is 29.3. The molecule has 0 amide bonds. The van der Waals surface area contributed by atoms with E-state index in [4.69, 9.17) is 11.2 Å². The van der Waals surface area contributed by atoms with Crippen LogP contribution in [0.3, 0.4) is 0 Å². The van der Waals surface area contributed by atoms with E-state index in [9.17, 15) is 0 Å². The Kier molecular flexibility index (Phi) is 9.78. The number of hydrogen-bond donors (Lipinski definition) is 0. The number of terminal acetylenes is 1. The number of aryl methyl sites for hydroxylation is 1. The SMILES string of the molecule is C#CCC=Cc1cc(CC2=CC3=CC(CC4=CCc5cc(OCC(C)CC)ccc5C=C4)=CC=C(C=C2)C3)ccc1C. The highest BCUT2D eigenvalue weighted by atomic mass is 16.5. The first-order chi connectivity index (χ1) is 20.5. The monoisotopic (exact) mass is 550 g/mol. The van der Waals surface area contributed by atoms with E-state index in [2.05, 4.69) is 130 Å². The standard InChI is InChI=1S/C41H42O/c1-5-7-8-9-39-27-36(11-10-31(39)4)24-35-15-13-32-12-14-34(25-37(23-32)26-35)22-33-16-18-38-20-21-41(28-40(38)19-17-33)42-29-30(3)6-2/h1,8-18,20-21,25-28,30H,6-7,19,22-24,29H2,2-4H3. The summed E-state index contributed by atoms with van der Waals surface area (Å²) in [5.41, 5.74) is 13.2. The number of allylic oxidation sites excluding steroid dienone is 14. The van der Waals surface area contributed by atoms with Gasteiger partial charge in [-0.25, -0.2) is 0 Å². The Hall–Kier alpha value is -4.28. The molecule has 5 rings (SSSR count). The zero-order valence-corrected chi connectivity index (χ0v) is 25.3. The minimum absolute atomic E-state index is 0.569. The molecule has 1 unspecified atom stereocenters. The highest BCUT2D eigenvalue weighted by Gasteiger charge is 2.12. The van der Waals surface area contributed by atoms with Gasteiger partial charge >= 0.3 is 0 Å². The first-order valence-electron chi connectivity index (χ1n) is 15.3. The Labute approximate surface area is 253 Å². The lowest BCUT2D eigenvalue weighted by Gasteiger charge is -2.12. The molecule has 3 aliphatic carbocycles. The van der Waals surface area contributed by atoms with Gasteiger partial charge in [-0.1, -0.05) is 111 Å². The topological polar surface area (TPSA) is 9.23 Å². The van der Waals surface area contributed by atoms with E-state index in [-0.39, 0.29) is 0 Å². The molecule has 0 radical (unpaired) electrons. The van der Waals surface area contributed by atoms with E-state index in [1.807, 2.05) is 0 Å². The molecule has 2 aromatic carbocycles. The van der Waals surface area contributed by atoms with Crippen LogP contribution in [0.2, 0.25) is 0 Å². The van der Waals surface area contributed by atoms with Gasteiger partial charge in [-0.05, 0) is 106 Å². The second kappa shape index (κ2) is 14.1. The summed E-state index contributed by atoms with van der Waals surface area (Å²) in [5, 5.41) is 0. The van der Waals surface area contributed by atoms with Crippen LogP contribution in [-0.2, 0) is 12.8 Å². The molecule has 0 N–H and O–H groups in total. The van der Waals surface area contributed by atoms with E-state index >= 15 is 0 Å². The molecule has 0 heterocycles. The second-order valence-corrected chi connectivity index (χ2v) is 11.8. The lowest BCUT2D eigenvalue weighted by atomic mass is 9.97. The highest BCUT2D eigenvalue weighted by Crippen LogP contribution is 2.31. The Morgan fingerprint density at radius 1 is 0.929 bits per heavy atom. The van der Waals surface area contributed by atoms with Gasteiger partial charge in [0.25, 0.3) is 0 Å². The Morgan fingerprint density at radius 2 is 1.81 bits per heavy atom. The van der Waals surface area contributed by atoms with Crippen molar-refractivity contribution in [3.8, 4) is 18.1 Å². The molecule has 1 heteroatoms. The summed E-state index contributed by atoms with van der Waals surface area (Å²) in [5.74, 6) is 4.23. The molecule has 1 atom stereocenters. The van der Waals surface area contributed by atoms with Crippen molar-refractivity contribution < 1.29 is 4.74 Å². The zero-order valence-electron chi connectivity index (χ0n) is 25.3. The summed E-state index contributed by atoms with van der Waals surface area (Å²) in [7, 11) is 0. The number of fused-ring (bicyclic) bond motifs is 3. The Morgan fingerprint density at radius 3 is 2.67 bits per heavy atom. The third kappa shape index (κ3) is 7.92. The van der Waals surface area contributed by atoms with Crippen LogP contribution in [0.1, 0.15) is 67.3 Å². The predicted molar refractivity (Wildman–Crippen MR) is 180 cm³/mol. The van der Waals surface area contributed by atoms with Gasteiger partial charge in [0.2, 0.25) is 0 Å². The number of ether oxygens (including phenoxy) is 1. The number of benzene rings is 2. The van der Waals surface area contributed by atoms with Gasteiger partial charge in [0.15, 0.2) is 0 Å². The first-order valence-corrected chi connectivity index (χ1v) is 15.3. The van der Waals surface area contributed by atoms with Gasteiger partial charge in [-0.2, -0.15) is 0 Å². The third-order valence-corrected chi connectivity index (χ3v) is 8.27. The van der Waals surface area contributed by atoms with Gasteiger partial charge in [-0.15, -0.1) is 12.3 Å². The molecule has 2 aromatic rings. The minimum Gasteiger partial charge on any atom is -0.493 e. The van der Waals surface area contributed by atoms with E-state index < -0.39 is 0 Å². The predicted octanol–water partition coefficient (Wildman–Crippen LogP) is 10.3. The molecule has 1 nitrogen and oxygen atoms in total. The maximum atomic E-state index is 6.07. The van der Waals surface area contributed by atoms with Gasteiger partial charge in [0.1, 0.15) is 5.75 Å². The van der Waals surface area contributed by atoms with Crippen molar-refractivity contribution in [1.82, 2.24) is 0 Å². The molecule has 0 aliphatic heterocycles. The van der Waals surface area contributed by atoms with Gasteiger partial charge in [0.05, 0.1) is 6.61 Å². The number of hydrogen-bond acceptors (Lipinski definition) is 1. The normalized spacial score (nSPS) is 16.6. The van der Waals surface area contributed by atoms with E-state index in [1.54, 1.807) is 0 Å². The summed E-state index contributed by atoms with van der Waals surface area (Å²) in [6.07, 6.45) is 36.0. The Bertz CT molecular complexity index is 1600. The van der Waals surface area contributed by atoms with Gasteiger partial charge in [0, 0.05) is 6.42 Å². The van der Waals surface area contributed by atoms with Gasteiger partial charge < -0.3 is 4.74 Å². The van der Waals surface area contributed by atoms with Crippen molar-refractivity contribution in [2.24, 2.45) is 5.92 Å². The van der Waals surface area contributed by atoms with Crippen LogP contribution in [0.25, 0.3) is 12.2 Å². The summed E-state index contributed by atoms with van der Waals surface area (Å²) in [6, 6.07) is 13.3. The van der Waals surface area contributed by atoms with Crippen molar-refractivity contribution in [3.05, 3.63) is 147 Å². The minimum atomic E-state index is 0.569. The fourth-order valence-electron chi connectivity index (χ4n) is 5.48. The van der Waals surface area contributed by atoms with Gasteiger partial charge in [-0.3, -0.25) is 0 Å². The van der Waals surface area contributed by atoms with Crippen molar-refractivity contribution in [1.29, 1.82) is 0 Å². The summed E-state index contributed by atoms with van der Waals surface area (Å²) in [4.78, 5) is 0. The van der Waals surface area contributed by atoms with E-state index in [0.717, 1.165) is 44.5 Å². The summed E-state index contributed by atoms with van der Waals surface area (Å²) < 4.78 is 6.07. The molecule has 3 aliphatic rings. The lowest BCUT2D eigenvalue weighted by Crippen LogP contribution is -2.07. The molecule has 0 saturated heterocycles. The van der Waals surface area contributed by atoms with Crippen molar-refractivity contribution in [2.75, 3.05) is 6.61 Å².